The number of rotatable bonds is 0. The minimum atomic E-state index is -0.677. The minimum absolute atomic E-state index is 0.677. The van der Waals surface area contributed by atoms with E-state index in [0.717, 1.165) is 4.31 Å². The smallest absolute Gasteiger partial charge is 0.356 e. The summed E-state index contributed by atoms with van der Waals surface area (Å²) in [7, 11) is 1.41. The molecule has 7 heavy (non-hydrogen) atoms. The average Bonchev–Trinajstić information content (AvgIpc) is 1.65. The number of carbonyl (C=O) groups excluding carboxylic acids is 1. The van der Waals surface area contributed by atoms with E-state index < -0.39 is 6.09 Å². The first-order valence-corrected chi connectivity index (χ1v) is 1.91. The highest BCUT2D eigenvalue weighted by Crippen LogP contribution is 1.86. The van der Waals surface area contributed by atoms with Crippen molar-refractivity contribution >= 4 is 18.9 Å². The molecule has 0 unspecified atom stereocenters. The second-order valence-corrected chi connectivity index (χ2v) is 1.51. The number of hydrogen-bond donors (Lipinski definition) is 2. The molecule has 0 fully saturated rings. The molecule has 4 nitrogen and oxygen atoms in total. The highest BCUT2D eigenvalue weighted by Gasteiger charge is 1.99. The van der Waals surface area contributed by atoms with Gasteiger partial charge in [0.2, 0.25) is 0 Å². The largest absolute Gasteiger partial charge is 0.438 e. The Hall–Kier alpha value is -0.420. The van der Waals surface area contributed by atoms with Gasteiger partial charge in [0.1, 0.15) is 0 Å². The third-order valence-electron chi connectivity index (χ3n) is 0.365. The van der Waals surface area contributed by atoms with E-state index >= 15 is 0 Å². The first-order chi connectivity index (χ1) is 3.18. The molecule has 0 aliphatic rings. The van der Waals surface area contributed by atoms with Gasteiger partial charge in [0.25, 0.3) is 0 Å². The first-order valence-electron chi connectivity index (χ1n) is 1.51. The van der Waals surface area contributed by atoms with Crippen molar-refractivity contribution in [1.82, 2.24) is 4.31 Å². The summed E-state index contributed by atoms with van der Waals surface area (Å²) in [5, 5.41) is 0. The lowest BCUT2D eigenvalue weighted by Crippen LogP contribution is -2.20. The zero-order chi connectivity index (χ0) is 5.86. The Kier molecular flexibility index (Phi) is 2.54. The molecular formula is C2H6N2O2S. The van der Waals surface area contributed by atoms with Crippen LogP contribution in [0.2, 0.25) is 0 Å². The van der Waals surface area contributed by atoms with E-state index in [1.165, 1.54) is 7.05 Å². The van der Waals surface area contributed by atoms with E-state index in [1.54, 1.807) is 0 Å². The number of amides is 1. The number of carbonyl (C=O) groups is 1. The van der Waals surface area contributed by atoms with E-state index in [1.807, 2.05) is 0 Å². The molecule has 42 valence electrons. The van der Waals surface area contributed by atoms with E-state index in [9.17, 15) is 4.79 Å². The Labute approximate surface area is 46.7 Å². The highest BCUT2D eigenvalue weighted by molar-refractivity contribution is 7.78. The van der Waals surface area contributed by atoms with Crippen LogP contribution in [-0.2, 0) is 4.84 Å². The summed E-state index contributed by atoms with van der Waals surface area (Å²) in [5.41, 5.74) is 0. The monoisotopic (exact) mass is 122 g/mol. The van der Waals surface area contributed by atoms with Crippen LogP contribution in [0, 0.1) is 0 Å². The zero-order valence-corrected chi connectivity index (χ0v) is 4.68. The summed E-state index contributed by atoms with van der Waals surface area (Å²) in [4.78, 5) is 13.7. The maximum atomic E-state index is 10.0. The summed E-state index contributed by atoms with van der Waals surface area (Å²) >= 11 is 3.55. The molecule has 5 heteroatoms. The molecule has 0 aliphatic carbocycles. The Morgan fingerprint density at radius 1 is 2.00 bits per heavy atom. The lowest BCUT2D eigenvalue weighted by atomic mass is 11.1. The molecule has 0 aromatic heterocycles. The van der Waals surface area contributed by atoms with Gasteiger partial charge in [-0.2, -0.15) is 5.90 Å². The molecule has 0 aromatic rings. The quantitative estimate of drug-likeness (QED) is 0.345. The molecule has 1 amide bonds. The van der Waals surface area contributed by atoms with Crippen molar-refractivity contribution in [1.29, 1.82) is 0 Å². The number of nitrogens with two attached hydrogens (primary N) is 1. The van der Waals surface area contributed by atoms with Crippen LogP contribution in [0.25, 0.3) is 0 Å². The van der Waals surface area contributed by atoms with E-state index in [0.29, 0.717) is 0 Å². The third-order valence-corrected chi connectivity index (χ3v) is 0.528. The molecule has 0 atom stereocenters. The molecule has 0 saturated heterocycles. The van der Waals surface area contributed by atoms with Crippen LogP contribution in [0.15, 0.2) is 0 Å². The van der Waals surface area contributed by atoms with Gasteiger partial charge in [-0.1, -0.05) is 12.8 Å². The fraction of sp³-hybridized carbons (Fsp3) is 0.500. The van der Waals surface area contributed by atoms with Crippen LogP contribution in [0.3, 0.4) is 0 Å². The van der Waals surface area contributed by atoms with Gasteiger partial charge in [-0.25, -0.2) is 4.79 Å². The van der Waals surface area contributed by atoms with Crippen LogP contribution >= 0.6 is 12.8 Å². The van der Waals surface area contributed by atoms with E-state index in [2.05, 4.69) is 23.5 Å². The standard InChI is InChI=1S/C2H6N2O2S/c1-4(7)2(5)6-3/h7H,3H2,1H3. The van der Waals surface area contributed by atoms with Gasteiger partial charge < -0.3 is 4.84 Å². The van der Waals surface area contributed by atoms with Gasteiger partial charge in [0, 0.05) is 7.05 Å². The lowest BCUT2D eigenvalue weighted by Gasteiger charge is -2.02. The van der Waals surface area contributed by atoms with Crippen molar-refractivity contribution in [3.8, 4) is 0 Å². The van der Waals surface area contributed by atoms with Gasteiger partial charge in [-0.3, -0.25) is 4.31 Å². The fourth-order valence-electron chi connectivity index (χ4n) is 0.0763. The molecule has 0 aromatic carbocycles. The Bertz CT molecular complexity index is 74.1. The molecule has 0 bridgehead atoms. The predicted octanol–water partition coefficient (Wildman–Crippen LogP) is -0.227. The molecular weight excluding hydrogens is 116 g/mol. The lowest BCUT2D eigenvalue weighted by molar-refractivity contribution is 0.134. The van der Waals surface area contributed by atoms with Crippen LogP contribution < -0.4 is 5.90 Å². The number of hydrogen-bond acceptors (Lipinski definition) is 4. The van der Waals surface area contributed by atoms with Gasteiger partial charge in [-0.15, -0.1) is 0 Å². The van der Waals surface area contributed by atoms with Gasteiger partial charge in [0.05, 0.1) is 0 Å². The number of thiol groups is 1. The van der Waals surface area contributed by atoms with Crippen molar-refractivity contribution < 1.29 is 9.63 Å². The van der Waals surface area contributed by atoms with Crippen molar-refractivity contribution in [2.45, 2.75) is 0 Å². The third kappa shape index (κ3) is 2.30. The highest BCUT2D eigenvalue weighted by atomic mass is 32.1. The van der Waals surface area contributed by atoms with Crippen molar-refractivity contribution in [2.24, 2.45) is 5.90 Å². The van der Waals surface area contributed by atoms with Crippen molar-refractivity contribution in [2.75, 3.05) is 7.05 Å². The molecule has 0 rings (SSSR count). The minimum Gasteiger partial charge on any atom is -0.356 e. The fourth-order valence-corrected chi connectivity index (χ4v) is 0.123. The Balaban J connectivity index is 3.35. The molecule has 0 spiro atoms. The maximum Gasteiger partial charge on any atom is 0.438 e. The average molecular weight is 122 g/mol. The second kappa shape index (κ2) is 2.70. The topological polar surface area (TPSA) is 55.6 Å². The van der Waals surface area contributed by atoms with Gasteiger partial charge in [0.15, 0.2) is 0 Å². The van der Waals surface area contributed by atoms with E-state index in [-0.39, 0.29) is 0 Å². The van der Waals surface area contributed by atoms with E-state index in [4.69, 9.17) is 0 Å². The number of nitrogens with zero attached hydrogens (tertiary/aromatic N) is 1. The molecule has 0 saturated carbocycles. The van der Waals surface area contributed by atoms with Crippen LogP contribution in [0.5, 0.6) is 0 Å². The predicted molar refractivity (Wildman–Crippen MR) is 27.4 cm³/mol. The SMILES string of the molecule is CN(S)C(=O)ON. The van der Waals surface area contributed by atoms with Crippen molar-refractivity contribution in [3.63, 3.8) is 0 Å². The maximum absolute atomic E-state index is 10.0. The first kappa shape index (κ1) is 6.58. The summed E-state index contributed by atoms with van der Waals surface area (Å²) in [6.07, 6.45) is -0.677. The van der Waals surface area contributed by atoms with Crippen LogP contribution in [0.4, 0.5) is 4.79 Å². The van der Waals surface area contributed by atoms with Gasteiger partial charge in [-0.05, 0) is 0 Å². The van der Waals surface area contributed by atoms with Crippen LogP contribution in [0.1, 0.15) is 0 Å². The summed E-state index contributed by atoms with van der Waals surface area (Å²) < 4.78 is 0.931. The molecule has 2 N–H and O–H groups in total. The molecule has 0 heterocycles. The van der Waals surface area contributed by atoms with Crippen LogP contribution in [-0.4, -0.2) is 17.4 Å². The second-order valence-electron chi connectivity index (χ2n) is 0.907. The molecule has 0 aliphatic heterocycles. The summed E-state index contributed by atoms with van der Waals surface area (Å²) in [6, 6.07) is 0. The summed E-state index contributed by atoms with van der Waals surface area (Å²) in [6.45, 7) is 0. The zero-order valence-electron chi connectivity index (χ0n) is 3.79. The molecule has 0 radical (unpaired) electrons. The normalized spacial score (nSPS) is 7.86. The van der Waals surface area contributed by atoms with Gasteiger partial charge >= 0.3 is 6.09 Å². The Morgan fingerprint density at radius 2 is 2.43 bits per heavy atom. The Morgan fingerprint density at radius 3 is 2.43 bits per heavy atom. The summed E-state index contributed by atoms with van der Waals surface area (Å²) in [5.74, 6) is 4.43. The van der Waals surface area contributed by atoms with Crippen molar-refractivity contribution in [3.05, 3.63) is 0 Å².